The first-order chi connectivity index (χ1) is 9.28. The molecule has 104 valence electrons. The molecule has 19 heavy (non-hydrogen) atoms. The van der Waals surface area contributed by atoms with Gasteiger partial charge in [0.05, 0.1) is 5.60 Å². The van der Waals surface area contributed by atoms with Gasteiger partial charge in [-0.15, -0.1) is 0 Å². The minimum Gasteiger partial charge on any atom is -0.389 e. The van der Waals surface area contributed by atoms with Gasteiger partial charge < -0.3 is 15.3 Å². The molecule has 1 aliphatic carbocycles. The lowest BCUT2D eigenvalue weighted by Gasteiger charge is -2.45. The average Bonchev–Trinajstić information content (AvgIpc) is 2.44. The van der Waals surface area contributed by atoms with E-state index in [1.165, 1.54) is 12.0 Å². The molecule has 1 saturated heterocycles. The van der Waals surface area contributed by atoms with Crippen molar-refractivity contribution in [2.24, 2.45) is 0 Å². The first kappa shape index (κ1) is 13.1. The van der Waals surface area contributed by atoms with Gasteiger partial charge in [0.15, 0.2) is 0 Å². The minimum absolute atomic E-state index is 0.264. The molecule has 3 rings (SSSR count). The summed E-state index contributed by atoms with van der Waals surface area (Å²) in [6.07, 6.45) is 3.08. The van der Waals surface area contributed by atoms with E-state index < -0.39 is 5.60 Å². The summed E-state index contributed by atoms with van der Waals surface area (Å²) in [5.74, 6) is 0.264. The Bertz CT molecular complexity index is 396. The maximum absolute atomic E-state index is 10.8. The molecule has 1 aromatic carbocycles. The Morgan fingerprint density at radius 2 is 1.84 bits per heavy atom. The van der Waals surface area contributed by atoms with Crippen LogP contribution in [0.1, 0.15) is 30.7 Å². The van der Waals surface area contributed by atoms with Gasteiger partial charge in [0.1, 0.15) is 0 Å². The second-order valence-electron chi connectivity index (χ2n) is 5.97. The van der Waals surface area contributed by atoms with Crippen molar-refractivity contribution in [1.82, 2.24) is 10.2 Å². The van der Waals surface area contributed by atoms with E-state index in [1.54, 1.807) is 0 Å². The zero-order chi connectivity index (χ0) is 13.1. The molecule has 0 radical (unpaired) electrons. The van der Waals surface area contributed by atoms with Crippen LogP contribution in [0.15, 0.2) is 30.3 Å². The monoisotopic (exact) mass is 260 g/mol. The lowest BCUT2D eigenvalue weighted by atomic mass is 9.68. The molecular formula is C16H24N2O. The number of hydrogen-bond acceptors (Lipinski definition) is 3. The molecule has 3 nitrogen and oxygen atoms in total. The van der Waals surface area contributed by atoms with Crippen LogP contribution in [0.2, 0.25) is 0 Å². The SMILES string of the molecule is OC1(C(CN2CCNCC2)c2ccccc2)CCC1. The lowest BCUT2D eigenvalue weighted by molar-refractivity contribution is -0.0652. The van der Waals surface area contributed by atoms with Gasteiger partial charge in [-0.25, -0.2) is 0 Å². The first-order valence-corrected chi connectivity index (χ1v) is 7.48. The van der Waals surface area contributed by atoms with E-state index in [0.717, 1.165) is 45.6 Å². The number of rotatable bonds is 4. The molecule has 1 unspecified atom stereocenters. The van der Waals surface area contributed by atoms with Crippen LogP contribution < -0.4 is 5.32 Å². The van der Waals surface area contributed by atoms with Crippen LogP contribution in [-0.2, 0) is 0 Å². The minimum atomic E-state index is -0.466. The third-order valence-corrected chi connectivity index (χ3v) is 4.72. The molecule has 1 aromatic rings. The highest BCUT2D eigenvalue weighted by Gasteiger charge is 2.43. The van der Waals surface area contributed by atoms with Gasteiger partial charge in [-0.1, -0.05) is 30.3 Å². The van der Waals surface area contributed by atoms with Crippen LogP contribution in [0, 0.1) is 0 Å². The number of nitrogens with zero attached hydrogens (tertiary/aromatic N) is 1. The Morgan fingerprint density at radius 1 is 1.16 bits per heavy atom. The Morgan fingerprint density at radius 3 is 2.42 bits per heavy atom. The van der Waals surface area contributed by atoms with Crippen molar-refractivity contribution in [2.45, 2.75) is 30.8 Å². The maximum Gasteiger partial charge on any atom is 0.0728 e. The molecule has 2 aliphatic rings. The number of benzene rings is 1. The molecule has 1 aliphatic heterocycles. The molecule has 2 fully saturated rings. The van der Waals surface area contributed by atoms with Crippen LogP contribution in [0.4, 0.5) is 0 Å². The van der Waals surface area contributed by atoms with Crippen LogP contribution >= 0.6 is 0 Å². The van der Waals surface area contributed by atoms with Crippen molar-refractivity contribution in [3.8, 4) is 0 Å². The van der Waals surface area contributed by atoms with Crippen LogP contribution in [0.3, 0.4) is 0 Å². The Labute approximate surface area is 115 Å². The van der Waals surface area contributed by atoms with Gasteiger partial charge >= 0.3 is 0 Å². The normalized spacial score (nSPS) is 24.7. The summed E-state index contributed by atoms with van der Waals surface area (Å²) in [6, 6.07) is 10.6. The predicted octanol–water partition coefficient (Wildman–Crippen LogP) is 1.59. The third-order valence-electron chi connectivity index (χ3n) is 4.72. The fourth-order valence-electron chi connectivity index (χ4n) is 3.31. The van der Waals surface area contributed by atoms with Crippen LogP contribution in [-0.4, -0.2) is 48.3 Å². The smallest absolute Gasteiger partial charge is 0.0728 e. The summed E-state index contributed by atoms with van der Waals surface area (Å²) < 4.78 is 0. The molecule has 3 heteroatoms. The van der Waals surface area contributed by atoms with Gasteiger partial charge in [0.25, 0.3) is 0 Å². The Kier molecular flexibility index (Phi) is 3.87. The zero-order valence-electron chi connectivity index (χ0n) is 11.5. The van der Waals surface area contributed by atoms with Crippen molar-refractivity contribution in [3.63, 3.8) is 0 Å². The van der Waals surface area contributed by atoms with Crippen molar-refractivity contribution in [3.05, 3.63) is 35.9 Å². The summed E-state index contributed by atoms with van der Waals surface area (Å²) in [5.41, 5.74) is 0.829. The number of piperazine rings is 1. The van der Waals surface area contributed by atoms with Crippen LogP contribution in [0.25, 0.3) is 0 Å². The molecule has 1 heterocycles. The molecule has 2 N–H and O–H groups in total. The summed E-state index contributed by atoms with van der Waals surface area (Å²) in [4.78, 5) is 2.49. The molecule has 0 aromatic heterocycles. The highest BCUT2D eigenvalue weighted by Crippen LogP contribution is 2.43. The topological polar surface area (TPSA) is 35.5 Å². The fourth-order valence-corrected chi connectivity index (χ4v) is 3.31. The van der Waals surface area contributed by atoms with E-state index in [9.17, 15) is 5.11 Å². The standard InChI is InChI=1S/C16H24N2O/c19-16(7-4-8-16)15(14-5-2-1-3-6-14)13-18-11-9-17-10-12-18/h1-3,5-6,15,17,19H,4,7-13H2. The highest BCUT2D eigenvalue weighted by molar-refractivity contribution is 5.25. The molecule has 0 bridgehead atoms. The maximum atomic E-state index is 10.8. The molecular weight excluding hydrogens is 236 g/mol. The Hall–Kier alpha value is -0.900. The highest BCUT2D eigenvalue weighted by atomic mass is 16.3. The predicted molar refractivity (Wildman–Crippen MR) is 77.3 cm³/mol. The molecule has 1 saturated carbocycles. The van der Waals surface area contributed by atoms with Gasteiger partial charge in [-0.2, -0.15) is 0 Å². The van der Waals surface area contributed by atoms with E-state index in [0.29, 0.717) is 0 Å². The summed E-state index contributed by atoms with van der Waals surface area (Å²) in [6.45, 7) is 5.32. The average molecular weight is 260 g/mol. The third kappa shape index (κ3) is 2.83. The van der Waals surface area contributed by atoms with E-state index in [1.807, 2.05) is 0 Å². The largest absolute Gasteiger partial charge is 0.389 e. The van der Waals surface area contributed by atoms with Crippen LogP contribution in [0.5, 0.6) is 0 Å². The number of aliphatic hydroxyl groups is 1. The Balaban J connectivity index is 1.76. The van der Waals surface area contributed by atoms with Gasteiger partial charge in [0, 0.05) is 38.6 Å². The summed E-state index contributed by atoms with van der Waals surface area (Å²) in [7, 11) is 0. The molecule has 0 amide bonds. The number of nitrogens with one attached hydrogen (secondary N) is 1. The fraction of sp³-hybridized carbons (Fsp3) is 0.625. The van der Waals surface area contributed by atoms with Crippen molar-refractivity contribution in [1.29, 1.82) is 0 Å². The van der Waals surface area contributed by atoms with Crippen molar-refractivity contribution in [2.75, 3.05) is 32.7 Å². The van der Waals surface area contributed by atoms with Gasteiger partial charge in [-0.05, 0) is 24.8 Å². The zero-order valence-corrected chi connectivity index (χ0v) is 11.5. The molecule has 1 atom stereocenters. The quantitative estimate of drug-likeness (QED) is 0.863. The number of hydrogen-bond donors (Lipinski definition) is 2. The second-order valence-corrected chi connectivity index (χ2v) is 5.97. The lowest BCUT2D eigenvalue weighted by Crippen LogP contribution is -2.51. The second kappa shape index (κ2) is 5.61. The first-order valence-electron chi connectivity index (χ1n) is 7.48. The van der Waals surface area contributed by atoms with E-state index in [2.05, 4.69) is 40.5 Å². The summed E-state index contributed by atoms with van der Waals surface area (Å²) >= 11 is 0. The molecule has 0 spiro atoms. The van der Waals surface area contributed by atoms with E-state index in [-0.39, 0.29) is 5.92 Å². The van der Waals surface area contributed by atoms with Crippen molar-refractivity contribution < 1.29 is 5.11 Å². The van der Waals surface area contributed by atoms with E-state index in [4.69, 9.17) is 0 Å². The van der Waals surface area contributed by atoms with Crippen molar-refractivity contribution >= 4 is 0 Å². The summed E-state index contributed by atoms with van der Waals surface area (Å²) in [5, 5.41) is 14.2. The van der Waals surface area contributed by atoms with E-state index >= 15 is 0 Å². The van der Waals surface area contributed by atoms with Gasteiger partial charge in [-0.3, -0.25) is 0 Å². The van der Waals surface area contributed by atoms with Gasteiger partial charge in [0.2, 0.25) is 0 Å².